The minimum atomic E-state index is 0. The van der Waals surface area contributed by atoms with Gasteiger partial charge in [-0.25, -0.2) is 0 Å². The predicted molar refractivity (Wildman–Crippen MR) is 208 cm³/mol. The van der Waals surface area contributed by atoms with Crippen LogP contribution in [0.15, 0.2) is 97.6 Å². The zero-order chi connectivity index (χ0) is 33.8. The molecule has 0 aromatic heterocycles. The van der Waals surface area contributed by atoms with Crippen LogP contribution in [0.25, 0.3) is 29.4 Å². The predicted octanol–water partition coefficient (Wildman–Crippen LogP) is 5.20. The monoisotopic (exact) mass is 788 g/mol. The number of quaternary nitrogens is 2. The Morgan fingerprint density at radius 3 is 1.49 bits per heavy atom. The van der Waals surface area contributed by atoms with E-state index in [1.807, 2.05) is 12.2 Å². The van der Waals surface area contributed by atoms with Crippen molar-refractivity contribution in [1.82, 2.24) is 0 Å². The summed E-state index contributed by atoms with van der Waals surface area (Å²) >= 11 is 0. The third-order valence-electron chi connectivity index (χ3n) is 9.71. The summed E-state index contributed by atoms with van der Waals surface area (Å²) in [6.07, 6.45) is 27.7. The molecule has 0 heterocycles. The van der Waals surface area contributed by atoms with Gasteiger partial charge in [-0.15, -0.1) is 0 Å². The number of rotatable bonds is 19. The van der Waals surface area contributed by atoms with E-state index < -0.39 is 0 Å². The summed E-state index contributed by atoms with van der Waals surface area (Å²) in [5.41, 5.74) is 9.83. The average molecular weight is 791 g/mol. The molecule has 1 aliphatic rings. The molecule has 1 aliphatic carbocycles. The Kier molecular flexibility index (Phi) is 17.7. The molecule has 2 nitrogen and oxygen atoms in total. The maximum absolute atomic E-state index is 3.76. The van der Waals surface area contributed by atoms with Crippen LogP contribution in [0.4, 0.5) is 0 Å². The van der Waals surface area contributed by atoms with E-state index in [-0.39, 0.29) is 39.4 Å². The van der Waals surface area contributed by atoms with Gasteiger partial charge in [-0.3, -0.25) is 0 Å². The Balaban J connectivity index is 0.00000417. The summed E-state index contributed by atoms with van der Waals surface area (Å²) in [7, 11) is 13.9. The molecule has 3 aromatic rings. The molecule has 0 spiro atoms. The first-order chi connectivity index (χ1) is 22.5. The molecule has 266 valence electrons. The van der Waals surface area contributed by atoms with E-state index in [0.29, 0.717) is 0 Å². The maximum atomic E-state index is 3.76. The lowest BCUT2D eigenvalue weighted by Gasteiger charge is -2.33. The van der Waals surface area contributed by atoms with Crippen LogP contribution in [0.2, 0.25) is 0 Å². The summed E-state index contributed by atoms with van der Waals surface area (Å²) < 4.78 is 2.12. The number of hydrogen-bond donors (Lipinski definition) is 0. The molecule has 0 saturated carbocycles. The third-order valence-corrected chi connectivity index (χ3v) is 9.71. The molecule has 0 N–H and O–H groups in total. The molecule has 4 heteroatoms. The lowest BCUT2D eigenvalue weighted by Crippen LogP contribution is -3.00. The highest BCUT2D eigenvalue weighted by Crippen LogP contribution is 2.54. The average Bonchev–Trinajstić information content (AvgIpc) is 3.30. The molecule has 0 amide bonds. The molecular formula is C45H62Br2N2. The molecule has 0 saturated heterocycles. The number of fused-ring (bicyclic) bond motifs is 3. The van der Waals surface area contributed by atoms with Crippen LogP contribution in [0.5, 0.6) is 0 Å². The molecule has 0 unspecified atom stereocenters. The number of unbranched alkanes of at least 4 members (excludes halogenated alkanes) is 6. The van der Waals surface area contributed by atoms with E-state index in [1.54, 1.807) is 11.1 Å². The molecule has 0 radical (unpaired) electrons. The van der Waals surface area contributed by atoms with Gasteiger partial charge in [0.05, 0.1) is 55.4 Å². The topological polar surface area (TPSA) is 0 Å². The highest BCUT2D eigenvalue weighted by molar-refractivity contribution is 5.82. The first-order valence-corrected chi connectivity index (χ1v) is 18.1. The molecule has 0 atom stereocenters. The van der Waals surface area contributed by atoms with E-state index in [4.69, 9.17) is 0 Å². The van der Waals surface area contributed by atoms with Crippen molar-refractivity contribution in [3.8, 4) is 11.1 Å². The van der Waals surface area contributed by atoms with Crippen molar-refractivity contribution >= 4 is 18.2 Å². The number of halogens is 2. The minimum Gasteiger partial charge on any atom is -1.00 e. The van der Waals surface area contributed by atoms with E-state index in [2.05, 4.69) is 146 Å². The van der Waals surface area contributed by atoms with Crippen molar-refractivity contribution < 1.29 is 42.9 Å². The zero-order valence-corrected chi connectivity index (χ0v) is 34.4. The van der Waals surface area contributed by atoms with Gasteiger partial charge in [-0.05, 0) is 77.5 Å². The van der Waals surface area contributed by atoms with Gasteiger partial charge < -0.3 is 42.9 Å². The summed E-state index contributed by atoms with van der Waals surface area (Å²) in [6.45, 7) is 6.27. The quantitative estimate of drug-likeness (QED) is 0.0892. The van der Waals surface area contributed by atoms with Crippen LogP contribution in [-0.4, -0.2) is 64.3 Å². The summed E-state index contributed by atoms with van der Waals surface area (Å²) in [6, 6.07) is 25.2. The van der Waals surface area contributed by atoms with Crippen molar-refractivity contribution in [3.05, 3.63) is 125 Å². The Labute approximate surface area is 321 Å². The normalized spacial score (nSPS) is 13.8. The van der Waals surface area contributed by atoms with Crippen LogP contribution < -0.4 is 34.0 Å². The second-order valence-corrected chi connectivity index (χ2v) is 15.8. The molecule has 0 fully saturated rings. The lowest BCUT2D eigenvalue weighted by molar-refractivity contribution is -0.870. The van der Waals surface area contributed by atoms with Crippen molar-refractivity contribution in [2.45, 2.75) is 69.6 Å². The van der Waals surface area contributed by atoms with E-state index >= 15 is 0 Å². The van der Waals surface area contributed by atoms with Crippen LogP contribution in [0.3, 0.4) is 0 Å². The first-order valence-electron chi connectivity index (χ1n) is 18.1. The third kappa shape index (κ3) is 13.3. The second kappa shape index (κ2) is 20.4. The second-order valence-electron chi connectivity index (χ2n) is 15.8. The van der Waals surface area contributed by atoms with Crippen molar-refractivity contribution in [1.29, 1.82) is 0 Å². The summed E-state index contributed by atoms with van der Waals surface area (Å²) in [4.78, 5) is 0. The zero-order valence-electron chi connectivity index (χ0n) is 31.2. The van der Waals surface area contributed by atoms with Gasteiger partial charge in [0.25, 0.3) is 0 Å². The van der Waals surface area contributed by atoms with Crippen molar-refractivity contribution in [2.24, 2.45) is 0 Å². The first kappa shape index (κ1) is 42.7. The Morgan fingerprint density at radius 2 is 0.959 bits per heavy atom. The number of allylic oxidation sites excluding steroid dienone is 4. The Morgan fingerprint density at radius 1 is 0.510 bits per heavy atom. The van der Waals surface area contributed by atoms with E-state index in [0.717, 1.165) is 8.97 Å². The Hall–Kier alpha value is -2.50. The molecule has 49 heavy (non-hydrogen) atoms. The van der Waals surface area contributed by atoms with Gasteiger partial charge in [-0.1, -0.05) is 142 Å². The number of hydrogen-bond acceptors (Lipinski definition) is 0. The smallest absolute Gasteiger partial charge is 0.0780 e. The fraction of sp³-hybridized carbons (Fsp3) is 0.422. The van der Waals surface area contributed by atoms with Gasteiger partial charge in [-0.2, -0.15) is 0 Å². The number of benzene rings is 3. The lowest BCUT2D eigenvalue weighted by atomic mass is 9.70. The summed E-state index contributed by atoms with van der Waals surface area (Å²) in [5, 5.41) is 0. The van der Waals surface area contributed by atoms with Crippen molar-refractivity contribution in [2.75, 3.05) is 55.4 Å². The van der Waals surface area contributed by atoms with E-state index in [1.165, 1.54) is 105 Å². The minimum absolute atomic E-state index is 0. The maximum Gasteiger partial charge on any atom is 0.0780 e. The molecule has 0 bridgehead atoms. The van der Waals surface area contributed by atoms with E-state index in [9.17, 15) is 0 Å². The SMILES string of the molecule is C=C/C=C/c1ccc(/C=C/C=C/c2ccc3c(c2)C(CCCCCC[N+](C)(C)C)(CCCCCC[N+](C)(C)C)c2ccccc2-3)cc1.[Br-].[Br-]. The number of nitrogens with zero attached hydrogens (tertiary/aromatic N) is 2. The van der Waals surface area contributed by atoms with Crippen LogP contribution in [0.1, 0.15) is 92.0 Å². The fourth-order valence-electron chi connectivity index (χ4n) is 7.20. The largest absolute Gasteiger partial charge is 1.00 e. The molecule has 4 rings (SSSR count). The molecule has 3 aromatic carbocycles. The Bertz CT molecular complexity index is 1490. The van der Waals surface area contributed by atoms with Crippen LogP contribution in [-0.2, 0) is 5.41 Å². The van der Waals surface area contributed by atoms with Crippen LogP contribution in [0, 0.1) is 0 Å². The summed E-state index contributed by atoms with van der Waals surface area (Å²) in [5.74, 6) is 0. The molecular weight excluding hydrogens is 728 g/mol. The highest BCUT2D eigenvalue weighted by atomic mass is 79.9. The standard InChI is InChI=1S/C45H62N2.2BrH/c1-8-9-22-38-27-29-39(30-28-38)23-14-15-24-40-31-32-42-41-25-16-17-26-43(41)45(44(42)37-40,33-18-10-12-20-35-46(2,3)4)34-19-11-13-21-36-47(5,6)7;;/h8-9,14-17,22-32,37H,1,10-13,18-21,33-36H2,2-7H3;2*1H/q+2;;/p-2/b22-9+,23-14+,24-15+;;. The van der Waals surface area contributed by atoms with Gasteiger partial charge in [0, 0.05) is 5.41 Å². The van der Waals surface area contributed by atoms with Gasteiger partial charge in [0.2, 0.25) is 0 Å². The molecule has 0 aliphatic heterocycles. The van der Waals surface area contributed by atoms with Crippen molar-refractivity contribution in [3.63, 3.8) is 0 Å². The van der Waals surface area contributed by atoms with Gasteiger partial charge in [0.15, 0.2) is 0 Å². The van der Waals surface area contributed by atoms with Gasteiger partial charge in [0.1, 0.15) is 0 Å². The highest BCUT2D eigenvalue weighted by Gasteiger charge is 2.42. The van der Waals surface area contributed by atoms with Crippen LogP contribution >= 0.6 is 0 Å². The fourth-order valence-corrected chi connectivity index (χ4v) is 7.20. The van der Waals surface area contributed by atoms with Gasteiger partial charge >= 0.3 is 0 Å².